The van der Waals surface area contributed by atoms with Crippen molar-refractivity contribution in [3.8, 4) is 0 Å². The minimum Gasteiger partial charge on any atom is -0.550 e. The third kappa shape index (κ3) is 27.5. The highest BCUT2D eigenvalue weighted by molar-refractivity contribution is 5.65. The second-order valence-corrected chi connectivity index (χ2v) is 4.43. The number of esters is 1. The summed E-state index contributed by atoms with van der Waals surface area (Å²) < 4.78 is 4.65. The molecular weight excluding hydrogens is 280 g/mol. The van der Waals surface area contributed by atoms with Gasteiger partial charge in [0.25, 0.3) is 0 Å². The van der Waals surface area contributed by atoms with Crippen LogP contribution in [-0.4, -0.2) is 36.2 Å². The maximum absolute atomic E-state index is 10.3. The molecule has 0 spiro atoms. The number of hydrogen-bond donors (Lipinski definition) is 1. The van der Waals surface area contributed by atoms with E-state index in [1.165, 1.54) is 6.92 Å². The van der Waals surface area contributed by atoms with Crippen LogP contribution in [-0.2, 0) is 19.1 Å². The Labute approximate surface area is 124 Å². The van der Waals surface area contributed by atoms with Gasteiger partial charge in [-0.3, -0.25) is 4.79 Å². The lowest BCUT2D eigenvalue weighted by Crippen LogP contribution is -2.21. The van der Waals surface area contributed by atoms with Gasteiger partial charge in [0, 0.05) is 25.5 Å². The van der Waals surface area contributed by atoms with E-state index >= 15 is 0 Å². The first-order valence-electron chi connectivity index (χ1n) is 7.04. The average molecular weight is 304 g/mol. The van der Waals surface area contributed by atoms with E-state index in [0.29, 0.717) is 32.3 Å². The van der Waals surface area contributed by atoms with Gasteiger partial charge in [-0.2, -0.15) is 0 Å². The Morgan fingerprint density at radius 2 is 1.33 bits per heavy atom. The predicted octanol–water partition coefficient (Wildman–Crippen LogP) is -0.851. The number of ether oxygens (including phenoxy) is 1. The molecule has 0 amide bonds. The Kier molecular flexibility index (Phi) is 16.9. The third-order valence-electron chi connectivity index (χ3n) is 2.37. The first-order valence-corrected chi connectivity index (χ1v) is 7.04. The molecule has 0 aromatic rings. The molecule has 0 aromatic carbocycles. The van der Waals surface area contributed by atoms with Crippen molar-refractivity contribution in [3.63, 3.8) is 0 Å². The summed E-state index contributed by atoms with van der Waals surface area (Å²) in [4.78, 5) is 30.0. The average Bonchev–Trinajstić information content (AvgIpc) is 2.39. The van der Waals surface area contributed by atoms with Crippen LogP contribution in [0.4, 0.5) is 0 Å². The number of hydrogen-bond acceptors (Lipinski definition) is 7. The summed E-state index contributed by atoms with van der Waals surface area (Å²) in [6.07, 6.45) is 4.32. The minimum atomic E-state index is -1.03. The summed E-state index contributed by atoms with van der Waals surface area (Å²) in [5.74, 6) is -2.33. The molecule has 0 unspecified atom stereocenters. The van der Waals surface area contributed by atoms with E-state index in [1.807, 2.05) is 0 Å². The fraction of sp³-hybridized carbons (Fsp3) is 0.786. The van der Waals surface area contributed by atoms with Crippen LogP contribution in [0.2, 0.25) is 0 Å². The van der Waals surface area contributed by atoms with Crippen molar-refractivity contribution in [3.05, 3.63) is 0 Å². The van der Waals surface area contributed by atoms with Crippen molar-refractivity contribution in [2.45, 2.75) is 58.3 Å². The molecule has 0 radical (unpaired) electrons. The van der Waals surface area contributed by atoms with Gasteiger partial charge in [-0.1, -0.05) is 6.42 Å². The first kappa shape index (κ1) is 21.7. The van der Waals surface area contributed by atoms with E-state index in [-0.39, 0.29) is 25.4 Å². The molecule has 0 aliphatic carbocycles. The molecule has 0 saturated heterocycles. The van der Waals surface area contributed by atoms with Gasteiger partial charge in [0.05, 0.1) is 6.61 Å². The number of carbonyl (C=O) groups excluding carboxylic acids is 3. The molecule has 7 nitrogen and oxygen atoms in total. The fourth-order valence-electron chi connectivity index (χ4n) is 1.32. The maximum atomic E-state index is 10.3. The summed E-state index contributed by atoms with van der Waals surface area (Å²) in [5.41, 5.74) is 0. The zero-order valence-corrected chi connectivity index (χ0v) is 12.5. The van der Waals surface area contributed by atoms with Gasteiger partial charge in [0.1, 0.15) is 0 Å². The lowest BCUT2D eigenvalue weighted by atomic mass is 10.2. The fourth-order valence-corrected chi connectivity index (χ4v) is 1.32. The van der Waals surface area contributed by atoms with Crippen LogP contribution >= 0.6 is 0 Å². The van der Waals surface area contributed by atoms with Crippen LogP contribution in [0.25, 0.3) is 0 Å². The summed E-state index contributed by atoms with van der Waals surface area (Å²) >= 11 is 0. The van der Waals surface area contributed by atoms with Crippen molar-refractivity contribution >= 4 is 17.9 Å². The van der Waals surface area contributed by atoms with E-state index in [2.05, 4.69) is 4.74 Å². The predicted molar refractivity (Wildman–Crippen MR) is 70.7 cm³/mol. The molecular formula is C14H24O7-2. The molecule has 0 aliphatic rings. The van der Waals surface area contributed by atoms with Crippen LogP contribution in [0.15, 0.2) is 0 Å². The zero-order chi connectivity index (χ0) is 16.5. The van der Waals surface area contributed by atoms with Gasteiger partial charge >= 0.3 is 5.97 Å². The van der Waals surface area contributed by atoms with Gasteiger partial charge in [0.15, 0.2) is 0 Å². The quantitative estimate of drug-likeness (QED) is 0.389. The molecule has 124 valence electrons. The van der Waals surface area contributed by atoms with Crippen molar-refractivity contribution in [1.82, 2.24) is 0 Å². The topological polar surface area (TPSA) is 127 Å². The van der Waals surface area contributed by atoms with E-state index in [0.717, 1.165) is 12.8 Å². The monoisotopic (exact) mass is 304 g/mol. The zero-order valence-electron chi connectivity index (χ0n) is 12.5. The molecule has 0 rings (SSSR count). The van der Waals surface area contributed by atoms with Gasteiger partial charge in [-0.05, 0) is 44.9 Å². The minimum absolute atomic E-state index is 0.0834. The second-order valence-electron chi connectivity index (χ2n) is 4.43. The van der Waals surface area contributed by atoms with E-state index in [1.54, 1.807) is 0 Å². The lowest BCUT2D eigenvalue weighted by Gasteiger charge is -2.02. The van der Waals surface area contributed by atoms with Gasteiger partial charge < -0.3 is 29.6 Å². The highest BCUT2D eigenvalue weighted by Crippen LogP contribution is 1.99. The molecule has 21 heavy (non-hydrogen) atoms. The number of carbonyl (C=O) groups is 3. The molecule has 1 N–H and O–H groups in total. The van der Waals surface area contributed by atoms with Gasteiger partial charge in [-0.25, -0.2) is 0 Å². The summed E-state index contributed by atoms with van der Waals surface area (Å²) in [5, 5.41) is 28.0. The normalized spacial score (nSPS) is 9.43. The van der Waals surface area contributed by atoms with Crippen molar-refractivity contribution in [2.75, 3.05) is 13.2 Å². The van der Waals surface area contributed by atoms with Gasteiger partial charge in [-0.15, -0.1) is 0 Å². The van der Waals surface area contributed by atoms with Crippen molar-refractivity contribution in [1.29, 1.82) is 0 Å². The Balaban J connectivity index is 0. The summed E-state index contributed by atoms with van der Waals surface area (Å²) in [6, 6.07) is 0. The van der Waals surface area contributed by atoms with Crippen molar-refractivity contribution in [2.24, 2.45) is 0 Å². The number of carboxylic acids is 2. The number of aliphatic hydroxyl groups excluding tert-OH is 1. The summed E-state index contributed by atoms with van der Waals surface area (Å²) in [6.45, 7) is 1.87. The van der Waals surface area contributed by atoms with Crippen LogP contribution in [0.5, 0.6) is 0 Å². The third-order valence-corrected chi connectivity index (χ3v) is 2.37. The SMILES string of the molecule is CC(=O)OCCCCCC(=O)[O-].O=C([O-])CCCCCO. The van der Waals surface area contributed by atoms with Crippen LogP contribution in [0, 0.1) is 0 Å². The summed E-state index contributed by atoms with van der Waals surface area (Å²) in [7, 11) is 0. The maximum Gasteiger partial charge on any atom is 0.302 e. The first-order chi connectivity index (χ1) is 9.90. The number of aliphatic hydroxyl groups is 1. The number of aliphatic carboxylic acids is 2. The van der Waals surface area contributed by atoms with Crippen molar-refractivity contribution < 1.29 is 34.4 Å². The second kappa shape index (κ2) is 16.4. The Morgan fingerprint density at radius 3 is 1.71 bits per heavy atom. The Morgan fingerprint density at radius 1 is 0.857 bits per heavy atom. The van der Waals surface area contributed by atoms with Crippen LogP contribution in [0.1, 0.15) is 58.3 Å². The van der Waals surface area contributed by atoms with Crippen LogP contribution in [0.3, 0.4) is 0 Å². The lowest BCUT2D eigenvalue weighted by molar-refractivity contribution is -0.307. The smallest absolute Gasteiger partial charge is 0.302 e. The van der Waals surface area contributed by atoms with Gasteiger partial charge in [0.2, 0.25) is 0 Å². The number of unbranched alkanes of at least 4 members (excludes halogenated alkanes) is 4. The van der Waals surface area contributed by atoms with E-state index in [4.69, 9.17) is 5.11 Å². The molecule has 0 aliphatic heterocycles. The molecule has 7 heteroatoms. The van der Waals surface area contributed by atoms with E-state index in [9.17, 15) is 24.6 Å². The Bertz CT molecular complexity index is 271. The highest BCUT2D eigenvalue weighted by atomic mass is 16.5. The molecule has 0 saturated carbocycles. The standard InChI is InChI=1S/C8H14O4.C6H12O3/c1-7(9)12-6-4-2-3-5-8(10)11;7-5-3-1-2-4-6(8)9/h2-6H2,1H3,(H,10,11);7H,1-5H2,(H,8,9)/p-2. The molecule has 0 atom stereocenters. The molecule has 0 heterocycles. The molecule has 0 aromatic heterocycles. The van der Waals surface area contributed by atoms with E-state index < -0.39 is 11.9 Å². The number of carboxylic acid groups (broad SMARTS) is 2. The molecule has 0 bridgehead atoms. The highest BCUT2D eigenvalue weighted by Gasteiger charge is 1.93. The van der Waals surface area contributed by atoms with Crippen LogP contribution < -0.4 is 10.2 Å². The largest absolute Gasteiger partial charge is 0.550 e. The Hall–Kier alpha value is -1.63. The molecule has 0 fully saturated rings. The number of rotatable bonds is 11.